The number of aryl methyl sites for hydroxylation is 2. The number of aromatic nitrogens is 3. The van der Waals surface area contributed by atoms with Gasteiger partial charge in [-0.3, -0.25) is 0 Å². The summed E-state index contributed by atoms with van der Waals surface area (Å²) in [5.41, 5.74) is 13.2. The van der Waals surface area contributed by atoms with Gasteiger partial charge in [0, 0.05) is 5.92 Å². The fourth-order valence-electron chi connectivity index (χ4n) is 4.96. The van der Waals surface area contributed by atoms with Crippen LogP contribution in [0, 0.1) is 20.8 Å². The maximum Gasteiger partial charge on any atom is 0.113 e. The molecule has 0 aliphatic heterocycles. The second-order valence-electron chi connectivity index (χ2n) is 8.57. The molecule has 0 spiro atoms. The average molecular weight is 402 g/mol. The molecule has 1 aromatic heterocycles. The van der Waals surface area contributed by atoms with E-state index in [-0.39, 0.29) is 5.92 Å². The molecule has 0 bridgehead atoms. The highest BCUT2D eigenvalue weighted by molar-refractivity contribution is 5.82. The molecule has 0 radical (unpaired) electrons. The molecule has 5 aromatic rings. The monoisotopic (exact) mass is 401 g/mol. The van der Waals surface area contributed by atoms with Crippen LogP contribution in [0.4, 0.5) is 0 Å². The first kappa shape index (κ1) is 18.1. The fraction of sp³-hybridized carbons (Fsp3) is 0.143. The van der Waals surface area contributed by atoms with E-state index >= 15 is 0 Å². The maximum absolute atomic E-state index is 4.88. The summed E-state index contributed by atoms with van der Waals surface area (Å²) in [4.78, 5) is 1.79. The van der Waals surface area contributed by atoms with Gasteiger partial charge in [0.2, 0.25) is 0 Å². The van der Waals surface area contributed by atoms with Crippen molar-refractivity contribution in [3.05, 3.63) is 112 Å². The lowest BCUT2D eigenvalue weighted by Crippen LogP contribution is -2.03. The van der Waals surface area contributed by atoms with Crippen LogP contribution in [0.3, 0.4) is 0 Å². The Balaban J connectivity index is 1.51. The Bertz CT molecular complexity index is 1430. The summed E-state index contributed by atoms with van der Waals surface area (Å²) in [5, 5.41) is 9.66. The van der Waals surface area contributed by atoms with Gasteiger partial charge in [-0.15, -0.1) is 10.2 Å². The van der Waals surface area contributed by atoms with Crippen molar-refractivity contribution in [2.75, 3.05) is 0 Å². The van der Waals surface area contributed by atoms with Crippen molar-refractivity contribution in [2.24, 2.45) is 0 Å². The van der Waals surface area contributed by atoms with Crippen molar-refractivity contribution >= 4 is 11.0 Å². The van der Waals surface area contributed by atoms with Gasteiger partial charge in [-0.1, -0.05) is 60.7 Å². The van der Waals surface area contributed by atoms with Crippen LogP contribution in [-0.4, -0.2) is 15.0 Å². The zero-order chi connectivity index (χ0) is 21.1. The number of fused-ring (bicyclic) bond motifs is 4. The topological polar surface area (TPSA) is 30.7 Å². The zero-order valence-corrected chi connectivity index (χ0v) is 17.9. The van der Waals surface area contributed by atoms with Crippen LogP contribution < -0.4 is 0 Å². The van der Waals surface area contributed by atoms with Gasteiger partial charge in [0.05, 0.1) is 5.69 Å². The largest absolute Gasteiger partial charge is 0.150 e. The summed E-state index contributed by atoms with van der Waals surface area (Å²) in [6.07, 6.45) is 0. The molecule has 3 heteroatoms. The molecule has 1 aliphatic rings. The smallest absolute Gasteiger partial charge is 0.113 e. The standard InChI is InChI=1S/C28H23N3/c1-17-14-18(2)19(3)27(15-17)31-29-25-13-12-20(16-26(25)30-31)28-23-10-6-4-8-21(23)22-9-5-7-11-24(22)28/h4-16,28H,1-3H3. The van der Waals surface area contributed by atoms with Crippen LogP contribution in [-0.2, 0) is 0 Å². The van der Waals surface area contributed by atoms with Gasteiger partial charge in [-0.25, -0.2) is 0 Å². The number of nitrogens with zero attached hydrogens (tertiary/aromatic N) is 3. The summed E-state index contributed by atoms with van der Waals surface area (Å²) in [6, 6.07) is 28.4. The predicted molar refractivity (Wildman–Crippen MR) is 126 cm³/mol. The molecule has 6 rings (SSSR count). The van der Waals surface area contributed by atoms with Crippen molar-refractivity contribution in [1.29, 1.82) is 0 Å². The van der Waals surface area contributed by atoms with Crippen LogP contribution in [0.25, 0.3) is 27.8 Å². The Morgan fingerprint density at radius 3 is 2.03 bits per heavy atom. The van der Waals surface area contributed by atoms with E-state index in [4.69, 9.17) is 10.2 Å². The van der Waals surface area contributed by atoms with E-state index in [0.29, 0.717) is 0 Å². The predicted octanol–water partition coefficient (Wildman–Crippen LogP) is 6.51. The van der Waals surface area contributed by atoms with E-state index in [1.54, 1.807) is 4.80 Å². The van der Waals surface area contributed by atoms with Gasteiger partial charge >= 0.3 is 0 Å². The molecule has 4 aromatic carbocycles. The van der Waals surface area contributed by atoms with Gasteiger partial charge < -0.3 is 0 Å². The fourth-order valence-corrected chi connectivity index (χ4v) is 4.96. The van der Waals surface area contributed by atoms with E-state index < -0.39 is 0 Å². The van der Waals surface area contributed by atoms with Gasteiger partial charge in [-0.2, -0.15) is 4.80 Å². The number of benzene rings is 4. The first-order valence-electron chi connectivity index (χ1n) is 10.7. The third-order valence-corrected chi connectivity index (χ3v) is 6.57. The van der Waals surface area contributed by atoms with Crippen molar-refractivity contribution < 1.29 is 0 Å². The van der Waals surface area contributed by atoms with E-state index in [0.717, 1.165) is 16.7 Å². The highest BCUT2D eigenvalue weighted by Gasteiger charge is 2.29. The normalized spacial score (nSPS) is 12.9. The summed E-state index contributed by atoms with van der Waals surface area (Å²) in [7, 11) is 0. The molecule has 150 valence electrons. The molecule has 0 saturated carbocycles. The Morgan fingerprint density at radius 1 is 0.677 bits per heavy atom. The van der Waals surface area contributed by atoms with Gasteiger partial charge in [0.15, 0.2) is 0 Å². The first-order chi connectivity index (χ1) is 15.1. The molecule has 0 saturated heterocycles. The average Bonchev–Trinajstić information content (AvgIpc) is 3.35. The van der Waals surface area contributed by atoms with Crippen LogP contribution in [0.15, 0.2) is 78.9 Å². The zero-order valence-electron chi connectivity index (χ0n) is 17.9. The lowest BCUT2D eigenvalue weighted by molar-refractivity contribution is 0.758. The lowest BCUT2D eigenvalue weighted by atomic mass is 9.89. The molecular formula is C28H23N3. The molecule has 3 nitrogen and oxygen atoms in total. The van der Waals surface area contributed by atoms with Crippen LogP contribution in [0.5, 0.6) is 0 Å². The number of hydrogen-bond acceptors (Lipinski definition) is 2. The minimum Gasteiger partial charge on any atom is -0.150 e. The Hall–Kier alpha value is -3.72. The number of rotatable bonds is 2. The van der Waals surface area contributed by atoms with Crippen molar-refractivity contribution in [3.8, 4) is 16.8 Å². The third-order valence-electron chi connectivity index (χ3n) is 6.57. The highest BCUT2D eigenvalue weighted by Crippen LogP contribution is 2.47. The first-order valence-corrected chi connectivity index (χ1v) is 10.7. The minimum atomic E-state index is 0.227. The Kier molecular flexibility index (Phi) is 3.87. The number of hydrogen-bond donors (Lipinski definition) is 0. The van der Waals surface area contributed by atoms with Crippen molar-refractivity contribution in [1.82, 2.24) is 15.0 Å². The summed E-state index contributed by atoms with van der Waals surface area (Å²) in [6.45, 7) is 6.39. The second kappa shape index (κ2) is 6.64. The molecule has 0 amide bonds. The molecule has 0 fully saturated rings. The molecule has 0 unspecified atom stereocenters. The van der Waals surface area contributed by atoms with Crippen LogP contribution in [0.1, 0.15) is 39.3 Å². The van der Waals surface area contributed by atoms with E-state index in [2.05, 4.69) is 99.6 Å². The molecule has 0 N–H and O–H groups in total. The molecule has 0 atom stereocenters. The minimum absolute atomic E-state index is 0.227. The molecular weight excluding hydrogens is 378 g/mol. The molecule has 1 aliphatic carbocycles. The van der Waals surface area contributed by atoms with Crippen LogP contribution >= 0.6 is 0 Å². The summed E-state index contributed by atoms with van der Waals surface area (Å²) < 4.78 is 0. The molecule has 1 heterocycles. The Morgan fingerprint density at radius 2 is 1.32 bits per heavy atom. The van der Waals surface area contributed by atoms with Crippen molar-refractivity contribution in [3.63, 3.8) is 0 Å². The second-order valence-corrected chi connectivity index (χ2v) is 8.57. The lowest BCUT2D eigenvalue weighted by Gasteiger charge is -2.14. The van der Waals surface area contributed by atoms with E-state index in [1.165, 1.54) is 44.5 Å². The third kappa shape index (κ3) is 2.73. The van der Waals surface area contributed by atoms with Crippen LogP contribution in [0.2, 0.25) is 0 Å². The summed E-state index contributed by atoms with van der Waals surface area (Å²) in [5.74, 6) is 0.227. The van der Waals surface area contributed by atoms with E-state index in [9.17, 15) is 0 Å². The molecule has 31 heavy (non-hydrogen) atoms. The van der Waals surface area contributed by atoms with E-state index in [1.807, 2.05) is 0 Å². The van der Waals surface area contributed by atoms with Crippen molar-refractivity contribution in [2.45, 2.75) is 26.7 Å². The van der Waals surface area contributed by atoms with Gasteiger partial charge in [0.25, 0.3) is 0 Å². The quantitative estimate of drug-likeness (QED) is 0.331. The summed E-state index contributed by atoms with van der Waals surface area (Å²) >= 11 is 0. The Labute approximate surface area is 182 Å². The maximum atomic E-state index is 4.88. The van der Waals surface area contributed by atoms with Gasteiger partial charge in [0.1, 0.15) is 11.0 Å². The SMILES string of the molecule is Cc1cc(C)c(C)c(-n2nc3ccc(C4c5ccccc5-c5ccccc54)cc3n2)c1. The van der Waals surface area contributed by atoms with Gasteiger partial charge in [-0.05, 0) is 83.5 Å². The highest BCUT2D eigenvalue weighted by atomic mass is 15.5.